The van der Waals surface area contributed by atoms with Crippen LogP contribution in [-0.4, -0.2) is 47.3 Å². The molecule has 0 unspecified atom stereocenters. The highest BCUT2D eigenvalue weighted by atomic mass is 16.2. The molecule has 4 N–H and O–H groups in total. The maximum absolute atomic E-state index is 12.5. The van der Waals surface area contributed by atoms with E-state index in [-0.39, 0.29) is 11.1 Å². The van der Waals surface area contributed by atoms with E-state index >= 15 is 0 Å². The third kappa shape index (κ3) is 7.84. The topological polar surface area (TPSA) is 127 Å². The van der Waals surface area contributed by atoms with Crippen molar-refractivity contribution in [2.45, 2.75) is 13.1 Å². The number of anilines is 2. The van der Waals surface area contributed by atoms with Gasteiger partial charge in [-0.25, -0.2) is 0 Å². The second-order valence-corrected chi connectivity index (χ2v) is 8.54. The van der Waals surface area contributed by atoms with Gasteiger partial charge >= 0.3 is 0 Å². The first kappa shape index (κ1) is 27.3. The predicted molar refractivity (Wildman–Crippen MR) is 145 cm³/mol. The van der Waals surface area contributed by atoms with Crippen LogP contribution in [0.25, 0.3) is 0 Å². The van der Waals surface area contributed by atoms with Gasteiger partial charge in [-0.3, -0.25) is 19.2 Å². The van der Waals surface area contributed by atoms with Crippen molar-refractivity contribution < 1.29 is 19.2 Å². The Kier molecular flexibility index (Phi) is 9.01. The van der Waals surface area contributed by atoms with Crippen molar-refractivity contribution in [1.29, 1.82) is 0 Å². The highest BCUT2D eigenvalue weighted by Gasteiger charge is 2.11. The molecule has 3 aromatic rings. The Morgan fingerprint density at radius 1 is 0.605 bits per heavy atom. The summed E-state index contributed by atoms with van der Waals surface area (Å²) in [6.45, 7) is 0.608. The van der Waals surface area contributed by atoms with E-state index in [1.807, 2.05) is 0 Å². The van der Waals surface area contributed by atoms with Crippen LogP contribution in [0, 0.1) is 23.7 Å². The van der Waals surface area contributed by atoms with Crippen LogP contribution in [0.5, 0.6) is 0 Å². The first-order valence-electron chi connectivity index (χ1n) is 11.5. The molecular formula is C30H26N4O4. The number of carbonyl (C=O) groups is 4. The van der Waals surface area contributed by atoms with Gasteiger partial charge in [-0.15, -0.1) is 0 Å². The summed E-state index contributed by atoms with van der Waals surface area (Å²) in [5.74, 6) is 6.98. The number of hydrogen-bond donors (Lipinski definition) is 2. The molecule has 0 spiro atoms. The summed E-state index contributed by atoms with van der Waals surface area (Å²) in [6.07, 6.45) is 0. The lowest BCUT2D eigenvalue weighted by Crippen LogP contribution is -2.24. The molecule has 190 valence electrons. The summed E-state index contributed by atoms with van der Waals surface area (Å²) in [4.78, 5) is 52.4. The fourth-order valence-electron chi connectivity index (χ4n) is 3.29. The third-order valence-corrected chi connectivity index (χ3v) is 5.45. The van der Waals surface area contributed by atoms with Gasteiger partial charge in [-0.05, 0) is 53.3 Å². The van der Waals surface area contributed by atoms with Gasteiger partial charge in [0.05, 0.1) is 0 Å². The summed E-state index contributed by atoms with van der Waals surface area (Å²) in [7, 11) is 3.15. The molecule has 8 heteroatoms. The van der Waals surface area contributed by atoms with Crippen LogP contribution in [0.2, 0.25) is 0 Å². The van der Waals surface area contributed by atoms with E-state index in [1.165, 1.54) is 34.1 Å². The molecule has 0 fully saturated rings. The first-order valence-corrected chi connectivity index (χ1v) is 11.5. The summed E-state index contributed by atoms with van der Waals surface area (Å²) in [5.41, 5.74) is 14.6. The minimum atomic E-state index is -0.624. The molecule has 3 aromatic carbocycles. The summed E-state index contributed by atoms with van der Waals surface area (Å²) < 4.78 is 0. The zero-order chi connectivity index (χ0) is 27.7. The molecule has 2 amide bonds. The Morgan fingerprint density at radius 3 is 1.34 bits per heavy atom. The summed E-state index contributed by atoms with van der Waals surface area (Å²) in [6, 6.07) is 19.9. The average molecular weight is 507 g/mol. The normalized spacial score (nSPS) is 9.74. The average Bonchev–Trinajstić information content (AvgIpc) is 2.92. The van der Waals surface area contributed by atoms with Crippen LogP contribution in [0.3, 0.4) is 0 Å². The van der Waals surface area contributed by atoms with E-state index in [1.54, 1.807) is 62.6 Å². The van der Waals surface area contributed by atoms with Crippen LogP contribution in [0.1, 0.15) is 31.8 Å². The standard InChI is InChI=1S/C30H26N4O4/c1-33(19-21-6-10-25(31)11-7-21)29(37)16-14-27(35)23-4-3-5-24(18-23)28(36)15-17-30(38)34(2)20-22-8-12-26(32)13-9-22/h3-13,18H,19-20,31-32H2,1-2H3. The molecule has 0 saturated carbocycles. The Bertz CT molecular complexity index is 1380. The molecule has 0 aliphatic heterocycles. The fraction of sp³-hybridized carbons (Fsp3) is 0.133. The molecule has 0 radical (unpaired) electrons. The molecule has 0 aliphatic carbocycles. The number of rotatable bonds is 6. The maximum atomic E-state index is 12.5. The van der Waals surface area contributed by atoms with Crippen molar-refractivity contribution in [1.82, 2.24) is 9.80 Å². The van der Waals surface area contributed by atoms with E-state index < -0.39 is 23.4 Å². The van der Waals surface area contributed by atoms with Gasteiger partial charge < -0.3 is 21.3 Å². The number of nitrogens with zero attached hydrogens (tertiary/aromatic N) is 2. The molecule has 3 rings (SSSR count). The lowest BCUT2D eigenvalue weighted by atomic mass is 10.0. The van der Waals surface area contributed by atoms with Crippen LogP contribution in [0.15, 0.2) is 72.8 Å². The van der Waals surface area contributed by atoms with Crippen molar-refractivity contribution in [3.05, 3.63) is 95.1 Å². The number of Topliss-reactive ketones (excluding diaryl/α,β-unsaturated/α-hetero) is 2. The van der Waals surface area contributed by atoms with Gasteiger partial charge in [0.15, 0.2) is 0 Å². The highest BCUT2D eigenvalue weighted by molar-refractivity contribution is 6.16. The summed E-state index contributed by atoms with van der Waals surface area (Å²) >= 11 is 0. The van der Waals surface area contributed by atoms with Crippen molar-refractivity contribution >= 4 is 34.8 Å². The number of nitrogen functional groups attached to an aromatic ring is 2. The van der Waals surface area contributed by atoms with Gasteiger partial charge in [0.2, 0.25) is 11.6 Å². The van der Waals surface area contributed by atoms with E-state index in [2.05, 4.69) is 23.7 Å². The molecule has 38 heavy (non-hydrogen) atoms. The minimum absolute atomic E-state index is 0.130. The Labute approximate surface area is 221 Å². The highest BCUT2D eigenvalue weighted by Crippen LogP contribution is 2.10. The number of carbonyl (C=O) groups excluding carboxylic acids is 4. The van der Waals surface area contributed by atoms with Gasteiger partial charge in [0.25, 0.3) is 11.8 Å². The Morgan fingerprint density at radius 2 is 0.974 bits per heavy atom. The molecule has 0 aliphatic rings. The largest absolute Gasteiger partial charge is 0.399 e. The van der Waals surface area contributed by atoms with Gasteiger partial charge in [0, 0.05) is 61.5 Å². The van der Waals surface area contributed by atoms with Crippen LogP contribution in [-0.2, 0) is 22.7 Å². The number of benzene rings is 3. The second kappa shape index (κ2) is 12.6. The number of amides is 2. The fourth-order valence-corrected chi connectivity index (χ4v) is 3.29. The molecule has 0 heterocycles. The quantitative estimate of drug-likeness (QED) is 0.229. The van der Waals surface area contributed by atoms with Crippen molar-refractivity contribution in [2.24, 2.45) is 0 Å². The third-order valence-electron chi connectivity index (χ3n) is 5.45. The van der Waals surface area contributed by atoms with Crippen molar-refractivity contribution in [3.8, 4) is 23.7 Å². The Balaban J connectivity index is 1.61. The summed E-state index contributed by atoms with van der Waals surface area (Å²) in [5, 5.41) is 0. The van der Waals surface area contributed by atoms with E-state index in [4.69, 9.17) is 11.5 Å². The van der Waals surface area contributed by atoms with Gasteiger partial charge in [-0.1, -0.05) is 42.5 Å². The smallest absolute Gasteiger partial charge is 0.298 e. The molecule has 0 bridgehead atoms. The van der Waals surface area contributed by atoms with Crippen molar-refractivity contribution in [2.75, 3.05) is 25.6 Å². The molecule has 0 atom stereocenters. The maximum Gasteiger partial charge on any atom is 0.298 e. The zero-order valence-electron chi connectivity index (χ0n) is 21.0. The van der Waals surface area contributed by atoms with E-state index in [0.717, 1.165) is 11.1 Å². The predicted octanol–water partition coefficient (Wildman–Crippen LogP) is 2.54. The monoisotopic (exact) mass is 506 g/mol. The van der Waals surface area contributed by atoms with E-state index in [0.29, 0.717) is 24.5 Å². The van der Waals surface area contributed by atoms with Crippen LogP contribution in [0.4, 0.5) is 11.4 Å². The first-order chi connectivity index (χ1) is 18.1. The SMILES string of the molecule is CN(Cc1ccc(N)cc1)C(=O)C#CC(=O)c1cccc(C(=O)C#CC(=O)N(C)Cc2ccc(N)cc2)c1. The van der Waals surface area contributed by atoms with Crippen LogP contribution < -0.4 is 11.5 Å². The zero-order valence-corrected chi connectivity index (χ0v) is 21.0. The lowest BCUT2D eigenvalue weighted by Gasteiger charge is -2.13. The molecular weight excluding hydrogens is 480 g/mol. The van der Waals surface area contributed by atoms with Gasteiger partial charge in [-0.2, -0.15) is 0 Å². The van der Waals surface area contributed by atoms with Crippen LogP contribution >= 0.6 is 0 Å². The number of ketones is 2. The number of hydrogen-bond acceptors (Lipinski definition) is 6. The molecule has 0 aromatic heterocycles. The van der Waals surface area contributed by atoms with Gasteiger partial charge in [0.1, 0.15) is 0 Å². The Hall–Kier alpha value is -5.34. The lowest BCUT2D eigenvalue weighted by molar-refractivity contribution is -0.125. The molecule has 0 saturated heterocycles. The minimum Gasteiger partial charge on any atom is -0.399 e. The van der Waals surface area contributed by atoms with E-state index in [9.17, 15) is 19.2 Å². The van der Waals surface area contributed by atoms with Crippen molar-refractivity contribution in [3.63, 3.8) is 0 Å². The molecule has 8 nitrogen and oxygen atoms in total. The second-order valence-electron chi connectivity index (χ2n) is 8.54. The number of nitrogens with two attached hydrogens (primary N) is 2.